The van der Waals surface area contributed by atoms with Gasteiger partial charge in [-0.15, -0.1) is 11.3 Å². The van der Waals surface area contributed by atoms with Gasteiger partial charge in [-0.25, -0.2) is 9.97 Å². The second kappa shape index (κ2) is 5.77. The molecule has 3 rings (SSSR count). The van der Waals surface area contributed by atoms with Crippen molar-refractivity contribution in [3.63, 3.8) is 0 Å². The van der Waals surface area contributed by atoms with Crippen LogP contribution in [0, 0.1) is 11.3 Å². The molecule has 5 nitrogen and oxygen atoms in total. The monoisotopic (exact) mass is 297 g/mol. The van der Waals surface area contributed by atoms with Gasteiger partial charge in [0.1, 0.15) is 11.0 Å². The Bertz CT molecular complexity index is 823. The molecule has 0 bridgehead atoms. The van der Waals surface area contributed by atoms with Gasteiger partial charge in [0.2, 0.25) is 5.88 Å². The predicted molar refractivity (Wildman–Crippen MR) is 79.8 cm³/mol. The molecule has 104 valence electrons. The van der Waals surface area contributed by atoms with Gasteiger partial charge in [0.15, 0.2) is 11.5 Å². The highest BCUT2D eigenvalue weighted by molar-refractivity contribution is 7.17. The van der Waals surface area contributed by atoms with Gasteiger partial charge in [-0.1, -0.05) is 0 Å². The van der Waals surface area contributed by atoms with E-state index in [1.165, 1.54) is 17.7 Å². The molecule has 0 atom stereocenters. The third-order valence-electron chi connectivity index (χ3n) is 2.79. The number of ether oxygens (including phenoxy) is 2. The minimum atomic E-state index is 0.487. The molecular formula is C15H11N3O2S. The van der Waals surface area contributed by atoms with E-state index in [-0.39, 0.29) is 0 Å². The molecular weight excluding hydrogens is 286 g/mol. The summed E-state index contributed by atoms with van der Waals surface area (Å²) in [6.07, 6.45) is 1.47. The van der Waals surface area contributed by atoms with Gasteiger partial charge >= 0.3 is 0 Å². The number of hydrogen-bond donors (Lipinski definition) is 0. The first-order valence-corrected chi connectivity index (χ1v) is 7.22. The molecule has 0 N–H and O–H groups in total. The minimum Gasteiger partial charge on any atom is -0.490 e. The quantitative estimate of drug-likeness (QED) is 0.733. The van der Waals surface area contributed by atoms with Crippen molar-refractivity contribution in [2.45, 2.75) is 6.92 Å². The summed E-state index contributed by atoms with van der Waals surface area (Å²) in [4.78, 5) is 8.35. The van der Waals surface area contributed by atoms with Crippen LogP contribution in [0.4, 0.5) is 0 Å². The maximum Gasteiger partial charge on any atom is 0.240 e. The van der Waals surface area contributed by atoms with Crippen LogP contribution in [0.25, 0.3) is 10.2 Å². The lowest BCUT2D eigenvalue weighted by Crippen LogP contribution is -1.97. The highest BCUT2D eigenvalue weighted by Crippen LogP contribution is 2.35. The second-order valence-corrected chi connectivity index (χ2v) is 5.04. The SMILES string of the molecule is CCOc1cc(C#N)ccc1Oc1ncnc2ccsc12. The van der Waals surface area contributed by atoms with E-state index >= 15 is 0 Å². The molecule has 0 aliphatic rings. The fourth-order valence-corrected chi connectivity index (χ4v) is 2.64. The molecule has 6 heteroatoms. The zero-order valence-corrected chi connectivity index (χ0v) is 12.1. The summed E-state index contributed by atoms with van der Waals surface area (Å²) in [7, 11) is 0. The van der Waals surface area contributed by atoms with Crippen molar-refractivity contribution in [1.29, 1.82) is 5.26 Å². The van der Waals surface area contributed by atoms with Gasteiger partial charge in [0.05, 0.1) is 23.8 Å². The van der Waals surface area contributed by atoms with Crippen LogP contribution in [0.15, 0.2) is 36.0 Å². The second-order valence-electron chi connectivity index (χ2n) is 4.12. The first-order valence-electron chi connectivity index (χ1n) is 6.35. The molecule has 0 unspecified atom stereocenters. The van der Waals surface area contributed by atoms with E-state index in [1.807, 2.05) is 18.4 Å². The molecule has 21 heavy (non-hydrogen) atoms. The first kappa shape index (κ1) is 13.3. The molecule has 2 heterocycles. The molecule has 0 aliphatic heterocycles. The van der Waals surface area contributed by atoms with Gasteiger partial charge in [-0.05, 0) is 30.5 Å². The van der Waals surface area contributed by atoms with Crippen molar-refractivity contribution in [2.24, 2.45) is 0 Å². The highest BCUT2D eigenvalue weighted by Gasteiger charge is 2.12. The number of benzene rings is 1. The largest absolute Gasteiger partial charge is 0.490 e. The van der Waals surface area contributed by atoms with E-state index in [2.05, 4.69) is 16.0 Å². The summed E-state index contributed by atoms with van der Waals surface area (Å²) in [6, 6.07) is 9.05. The summed E-state index contributed by atoms with van der Waals surface area (Å²) < 4.78 is 12.3. The highest BCUT2D eigenvalue weighted by atomic mass is 32.1. The number of nitrogens with zero attached hydrogens (tertiary/aromatic N) is 3. The summed E-state index contributed by atoms with van der Waals surface area (Å²) in [5.74, 6) is 1.55. The van der Waals surface area contributed by atoms with Gasteiger partial charge in [-0.2, -0.15) is 5.26 Å². The molecule has 0 amide bonds. The lowest BCUT2D eigenvalue weighted by atomic mass is 10.2. The summed E-state index contributed by atoms with van der Waals surface area (Å²) in [6.45, 7) is 2.37. The van der Waals surface area contributed by atoms with E-state index in [0.29, 0.717) is 29.5 Å². The van der Waals surface area contributed by atoms with Crippen LogP contribution >= 0.6 is 11.3 Å². The normalized spacial score (nSPS) is 10.3. The summed E-state index contributed by atoms with van der Waals surface area (Å²) in [5, 5.41) is 10.9. The van der Waals surface area contributed by atoms with Crippen LogP contribution < -0.4 is 9.47 Å². The molecule has 0 aliphatic carbocycles. The van der Waals surface area contributed by atoms with E-state index in [9.17, 15) is 0 Å². The average Bonchev–Trinajstić information content (AvgIpc) is 2.99. The van der Waals surface area contributed by atoms with Crippen molar-refractivity contribution in [3.05, 3.63) is 41.5 Å². The number of nitriles is 1. The third-order valence-corrected chi connectivity index (χ3v) is 3.68. The van der Waals surface area contributed by atoms with Crippen molar-refractivity contribution >= 4 is 21.6 Å². The molecule has 0 saturated carbocycles. The van der Waals surface area contributed by atoms with Gasteiger partial charge in [0.25, 0.3) is 0 Å². The number of aromatic nitrogens is 2. The lowest BCUT2D eigenvalue weighted by molar-refractivity contribution is 0.320. The fourth-order valence-electron chi connectivity index (χ4n) is 1.87. The van der Waals surface area contributed by atoms with Gasteiger partial charge in [0, 0.05) is 6.07 Å². The van der Waals surface area contributed by atoms with E-state index in [0.717, 1.165) is 10.2 Å². The molecule has 1 aromatic carbocycles. The standard InChI is InChI=1S/C15H11N3O2S/c1-2-19-13-7-10(8-16)3-4-12(13)20-15-14-11(5-6-21-14)17-9-18-15/h3-7,9H,2H2,1H3. The summed E-state index contributed by atoms with van der Waals surface area (Å²) >= 11 is 1.52. The van der Waals surface area contributed by atoms with Crippen LogP contribution in [-0.2, 0) is 0 Å². The Morgan fingerprint density at radius 2 is 2.14 bits per heavy atom. The Balaban J connectivity index is 2.01. The van der Waals surface area contributed by atoms with Gasteiger partial charge in [-0.3, -0.25) is 0 Å². The number of rotatable bonds is 4. The van der Waals surface area contributed by atoms with Crippen molar-refractivity contribution < 1.29 is 9.47 Å². The van der Waals surface area contributed by atoms with E-state index in [1.54, 1.807) is 18.2 Å². The maximum atomic E-state index is 8.96. The van der Waals surface area contributed by atoms with Crippen molar-refractivity contribution in [2.75, 3.05) is 6.61 Å². The Hall–Kier alpha value is -2.65. The topological polar surface area (TPSA) is 68.0 Å². The molecule has 2 aromatic heterocycles. The Kier molecular flexibility index (Phi) is 3.67. The number of thiophene rings is 1. The van der Waals surface area contributed by atoms with Crippen LogP contribution in [0.3, 0.4) is 0 Å². The number of hydrogen-bond acceptors (Lipinski definition) is 6. The van der Waals surface area contributed by atoms with Crippen molar-refractivity contribution in [1.82, 2.24) is 9.97 Å². The van der Waals surface area contributed by atoms with Crippen LogP contribution in [0.5, 0.6) is 17.4 Å². The smallest absolute Gasteiger partial charge is 0.240 e. The molecule has 0 spiro atoms. The van der Waals surface area contributed by atoms with E-state index in [4.69, 9.17) is 14.7 Å². The Morgan fingerprint density at radius 1 is 1.24 bits per heavy atom. The summed E-state index contributed by atoms with van der Waals surface area (Å²) in [5.41, 5.74) is 1.37. The van der Waals surface area contributed by atoms with Crippen LogP contribution in [-0.4, -0.2) is 16.6 Å². The van der Waals surface area contributed by atoms with Gasteiger partial charge < -0.3 is 9.47 Å². The molecule has 0 radical (unpaired) electrons. The number of fused-ring (bicyclic) bond motifs is 1. The first-order chi connectivity index (χ1) is 10.3. The van der Waals surface area contributed by atoms with Crippen LogP contribution in [0.2, 0.25) is 0 Å². The van der Waals surface area contributed by atoms with Crippen molar-refractivity contribution in [3.8, 4) is 23.4 Å². The Morgan fingerprint density at radius 3 is 2.95 bits per heavy atom. The lowest BCUT2D eigenvalue weighted by Gasteiger charge is -2.11. The maximum absolute atomic E-state index is 8.96. The zero-order valence-electron chi connectivity index (χ0n) is 11.2. The molecule has 3 aromatic rings. The molecule has 0 saturated heterocycles. The zero-order chi connectivity index (χ0) is 14.7. The molecule has 0 fully saturated rings. The van der Waals surface area contributed by atoms with Crippen LogP contribution in [0.1, 0.15) is 12.5 Å². The minimum absolute atomic E-state index is 0.487. The van der Waals surface area contributed by atoms with E-state index < -0.39 is 0 Å². The third kappa shape index (κ3) is 2.64. The Labute approximate surface area is 125 Å². The fraction of sp³-hybridized carbons (Fsp3) is 0.133. The average molecular weight is 297 g/mol. The predicted octanol–water partition coefficient (Wildman–Crippen LogP) is 3.75.